The molecular formula is C30H20O10. The summed E-state index contributed by atoms with van der Waals surface area (Å²) in [4.78, 5) is 24.1. The van der Waals surface area contributed by atoms with Crippen LogP contribution in [0, 0.1) is 0 Å². The predicted octanol–water partition coefficient (Wildman–Crippen LogP) is 5.15. The van der Waals surface area contributed by atoms with E-state index in [0.717, 1.165) is 12.1 Å². The summed E-state index contributed by atoms with van der Waals surface area (Å²) in [6, 6.07) is 22.6. The number of benzene rings is 4. The van der Waals surface area contributed by atoms with Gasteiger partial charge in [-0.2, -0.15) is 0 Å². The van der Waals surface area contributed by atoms with Crippen molar-refractivity contribution in [3.8, 4) is 57.1 Å². The molecular weight excluding hydrogens is 520 g/mol. The highest BCUT2D eigenvalue weighted by Crippen LogP contribution is 2.41. The van der Waals surface area contributed by atoms with E-state index in [4.69, 9.17) is 8.83 Å². The van der Waals surface area contributed by atoms with Gasteiger partial charge in [-0.3, -0.25) is 9.59 Å². The lowest BCUT2D eigenvalue weighted by Gasteiger charge is -2.06. The van der Waals surface area contributed by atoms with E-state index in [1.54, 1.807) is 48.5 Å². The Morgan fingerprint density at radius 1 is 0.450 bits per heavy atom. The minimum absolute atomic E-state index is 0.00385. The van der Waals surface area contributed by atoms with Crippen LogP contribution in [0.15, 0.2) is 103 Å². The maximum atomic E-state index is 12.0. The molecule has 6 aromatic rings. The van der Waals surface area contributed by atoms with Gasteiger partial charge in [-0.15, -0.1) is 0 Å². The molecule has 10 heteroatoms. The molecule has 10 nitrogen and oxygen atoms in total. The summed E-state index contributed by atoms with van der Waals surface area (Å²) >= 11 is 0. The minimum atomic E-state index is -0.739. The molecule has 0 atom stereocenters. The largest absolute Gasteiger partial charge is 0.504 e. The Bertz CT molecular complexity index is 1850. The molecule has 0 spiro atoms. The molecule has 0 aliphatic rings. The van der Waals surface area contributed by atoms with Crippen molar-refractivity contribution in [1.29, 1.82) is 0 Å². The Kier molecular flexibility index (Phi) is 6.50. The maximum absolute atomic E-state index is 12.0. The fraction of sp³-hybridized carbons (Fsp3) is 0. The van der Waals surface area contributed by atoms with Gasteiger partial charge in [0.15, 0.2) is 33.9 Å². The van der Waals surface area contributed by atoms with Gasteiger partial charge in [0.25, 0.3) is 0 Å². The van der Waals surface area contributed by atoms with E-state index in [-0.39, 0.29) is 21.9 Å². The first kappa shape index (κ1) is 25.7. The molecule has 0 radical (unpaired) electrons. The van der Waals surface area contributed by atoms with Crippen LogP contribution in [0.25, 0.3) is 44.6 Å². The summed E-state index contributed by atoms with van der Waals surface area (Å²) in [6.45, 7) is 0. The van der Waals surface area contributed by atoms with E-state index in [0.29, 0.717) is 22.6 Å². The molecule has 0 saturated carbocycles. The molecule has 0 fully saturated rings. The van der Waals surface area contributed by atoms with Crippen LogP contribution in [0.4, 0.5) is 0 Å². The summed E-state index contributed by atoms with van der Waals surface area (Å²) in [5, 5.41) is 56.9. The van der Waals surface area contributed by atoms with Crippen LogP contribution in [0.2, 0.25) is 0 Å². The zero-order valence-electron chi connectivity index (χ0n) is 20.4. The average Bonchev–Trinajstić information content (AvgIpc) is 2.95. The standard InChI is InChI=1S/2C15H10O5/c2*16-9-6-11(8-4-2-1-3-5-8)20-12-7-10(17)14(18)15(19)13(9)12/h2*1-7,17-19H. The fourth-order valence-electron chi connectivity index (χ4n) is 4.05. The van der Waals surface area contributed by atoms with Crippen molar-refractivity contribution in [3.05, 3.63) is 105 Å². The second kappa shape index (κ2) is 10.1. The van der Waals surface area contributed by atoms with Crippen LogP contribution in [0.1, 0.15) is 0 Å². The number of fused-ring (bicyclic) bond motifs is 2. The van der Waals surface area contributed by atoms with Crippen LogP contribution in [0.3, 0.4) is 0 Å². The van der Waals surface area contributed by atoms with Crippen LogP contribution in [-0.2, 0) is 0 Å². The second-order valence-electron chi connectivity index (χ2n) is 8.61. The molecule has 4 aromatic carbocycles. The highest BCUT2D eigenvalue weighted by atomic mass is 16.4. The monoisotopic (exact) mass is 540 g/mol. The minimum Gasteiger partial charge on any atom is -0.504 e. The van der Waals surface area contributed by atoms with Gasteiger partial charge in [0.05, 0.1) is 0 Å². The van der Waals surface area contributed by atoms with Gasteiger partial charge >= 0.3 is 0 Å². The predicted molar refractivity (Wildman–Crippen MR) is 146 cm³/mol. The van der Waals surface area contributed by atoms with Gasteiger partial charge in [0.2, 0.25) is 11.5 Å². The molecule has 6 rings (SSSR count). The van der Waals surface area contributed by atoms with Gasteiger partial charge in [-0.05, 0) is 0 Å². The van der Waals surface area contributed by atoms with Crippen molar-refractivity contribution in [3.63, 3.8) is 0 Å². The van der Waals surface area contributed by atoms with Crippen molar-refractivity contribution in [2.24, 2.45) is 0 Å². The lowest BCUT2D eigenvalue weighted by atomic mass is 10.1. The van der Waals surface area contributed by atoms with Crippen LogP contribution in [-0.4, -0.2) is 30.6 Å². The van der Waals surface area contributed by atoms with E-state index < -0.39 is 45.4 Å². The second-order valence-corrected chi connectivity index (χ2v) is 8.61. The molecule has 200 valence electrons. The van der Waals surface area contributed by atoms with Crippen LogP contribution in [0.5, 0.6) is 34.5 Å². The molecule has 2 aromatic heterocycles. The molecule has 6 N–H and O–H groups in total. The first-order valence-electron chi connectivity index (χ1n) is 11.7. The third kappa shape index (κ3) is 4.61. The number of rotatable bonds is 2. The lowest BCUT2D eigenvalue weighted by molar-refractivity contribution is 0.370. The Hall–Kier alpha value is -5.90. The topological polar surface area (TPSA) is 182 Å². The molecule has 0 saturated heterocycles. The van der Waals surface area contributed by atoms with Crippen molar-refractivity contribution < 1.29 is 39.5 Å². The highest BCUT2D eigenvalue weighted by Gasteiger charge is 2.18. The Morgan fingerprint density at radius 2 is 0.800 bits per heavy atom. The molecule has 0 aliphatic heterocycles. The van der Waals surface area contributed by atoms with E-state index in [9.17, 15) is 40.2 Å². The average molecular weight is 540 g/mol. The zero-order valence-corrected chi connectivity index (χ0v) is 20.4. The van der Waals surface area contributed by atoms with Crippen molar-refractivity contribution in [2.75, 3.05) is 0 Å². The SMILES string of the molecule is O=c1cc(-c2ccccc2)oc2cc(O)c(O)c(O)c12.O=c1cc(-c2ccccc2)oc2cc(O)c(O)c(O)c12. The lowest BCUT2D eigenvalue weighted by Crippen LogP contribution is -2.00. The normalized spacial score (nSPS) is 10.8. The number of hydrogen-bond acceptors (Lipinski definition) is 10. The molecule has 2 heterocycles. The van der Waals surface area contributed by atoms with E-state index in [1.165, 1.54) is 12.1 Å². The molecule has 0 amide bonds. The molecule has 0 bridgehead atoms. The number of hydrogen-bond donors (Lipinski definition) is 6. The van der Waals surface area contributed by atoms with Crippen LogP contribution >= 0.6 is 0 Å². The third-order valence-corrected chi connectivity index (χ3v) is 6.01. The van der Waals surface area contributed by atoms with Gasteiger partial charge < -0.3 is 39.5 Å². The quantitative estimate of drug-likeness (QED) is 0.161. The Balaban J connectivity index is 0.000000161. The number of phenolic OH excluding ortho intramolecular Hbond substituents is 6. The highest BCUT2D eigenvalue weighted by molar-refractivity contribution is 5.90. The molecule has 0 unspecified atom stereocenters. The van der Waals surface area contributed by atoms with Gasteiger partial charge in [-0.1, -0.05) is 60.7 Å². The number of phenols is 6. The van der Waals surface area contributed by atoms with Gasteiger partial charge in [-0.25, -0.2) is 0 Å². The van der Waals surface area contributed by atoms with Gasteiger partial charge in [0.1, 0.15) is 33.5 Å². The summed E-state index contributed by atoms with van der Waals surface area (Å²) in [7, 11) is 0. The summed E-state index contributed by atoms with van der Waals surface area (Å²) in [5.41, 5.74) is 0.390. The van der Waals surface area contributed by atoms with E-state index >= 15 is 0 Å². The Labute approximate surface area is 224 Å². The molecule has 0 aliphatic carbocycles. The van der Waals surface area contributed by atoms with Crippen LogP contribution < -0.4 is 10.9 Å². The van der Waals surface area contributed by atoms with Crippen molar-refractivity contribution in [1.82, 2.24) is 0 Å². The smallest absolute Gasteiger partial charge is 0.201 e. The van der Waals surface area contributed by atoms with Gasteiger partial charge in [0, 0.05) is 35.4 Å². The van der Waals surface area contributed by atoms with E-state index in [2.05, 4.69) is 0 Å². The maximum Gasteiger partial charge on any atom is 0.201 e. The number of aromatic hydroxyl groups is 6. The third-order valence-electron chi connectivity index (χ3n) is 6.01. The summed E-state index contributed by atoms with van der Waals surface area (Å²) < 4.78 is 11.0. The van der Waals surface area contributed by atoms with Crippen molar-refractivity contribution in [2.45, 2.75) is 0 Å². The fourth-order valence-corrected chi connectivity index (χ4v) is 4.05. The first-order valence-corrected chi connectivity index (χ1v) is 11.7. The first-order chi connectivity index (χ1) is 19.2. The summed E-state index contributed by atoms with van der Waals surface area (Å²) in [6.07, 6.45) is 0. The van der Waals surface area contributed by atoms with Crippen molar-refractivity contribution >= 4 is 21.9 Å². The summed E-state index contributed by atoms with van der Waals surface area (Å²) in [5.74, 6) is -3.33. The Morgan fingerprint density at radius 3 is 1.15 bits per heavy atom. The zero-order chi connectivity index (χ0) is 28.6. The molecule has 40 heavy (non-hydrogen) atoms. The van der Waals surface area contributed by atoms with E-state index in [1.807, 2.05) is 12.1 Å².